The van der Waals surface area contributed by atoms with E-state index in [9.17, 15) is 0 Å². The smallest absolute Gasteiger partial charge is 0.194 e. The van der Waals surface area contributed by atoms with E-state index in [2.05, 4.69) is 51.1 Å². The molecule has 1 N–H and O–H groups in total. The van der Waals surface area contributed by atoms with Crippen LogP contribution in [0.25, 0.3) is 0 Å². The van der Waals surface area contributed by atoms with Gasteiger partial charge in [0.2, 0.25) is 0 Å². The van der Waals surface area contributed by atoms with Gasteiger partial charge in [-0.25, -0.2) is 0 Å². The molecule has 31 heavy (non-hydrogen) atoms. The zero-order valence-electron chi connectivity index (χ0n) is 18.8. The fraction of sp³-hybridized carbons (Fsp3) is 0.591. The fourth-order valence-corrected chi connectivity index (χ4v) is 3.52. The van der Waals surface area contributed by atoms with Crippen molar-refractivity contribution in [2.75, 3.05) is 33.4 Å². The molecule has 0 amide bonds. The minimum absolute atomic E-state index is 0. The fourth-order valence-electron chi connectivity index (χ4n) is 3.52. The maximum absolute atomic E-state index is 5.74. The molecule has 1 aliphatic rings. The van der Waals surface area contributed by atoms with E-state index in [1.54, 1.807) is 6.33 Å². The number of hydrogen-bond donors (Lipinski definition) is 1. The molecule has 2 aromatic rings. The molecule has 0 spiro atoms. The molecule has 2 heterocycles. The molecule has 1 aliphatic heterocycles. The van der Waals surface area contributed by atoms with E-state index in [4.69, 9.17) is 14.5 Å². The van der Waals surface area contributed by atoms with Crippen LogP contribution in [0.4, 0.5) is 0 Å². The molecule has 3 rings (SSSR count). The Labute approximate surface area is 202 Å². The Morgan fingerprint density at radius 3 is 2.81 bits per heavy atom. The van der Waals surface area contributed by atoms with E-state index in [-0.39, 0.29) is 30.1 Å². The van der Waals surface area contributed by atoms with E-state index in [1.165, 1.54) is 5.56 Å². The van der Waals surface area contributed by atoms with Crippen LogP contribution in [-0.2, 0) is 24.2 Å². The molecule has 1 aromatic carbocycles. The molecule has 1 unspecified atom stereocenters. The number of aromatic nitrogens is 3. The number of halogens is 1. The van der Waals surface area contributed by atoms with Crippen LogP contribution in [0.1, 0.15) is 38.1 Å². The molecule has 1 atom stereocenters. The molecule has 1 fully saturated rings. The summed E-state index contributed by atoms with van der Waals surface area (Å²) >= 11 is 0. The van der Waals surface area contributed by atoms with Gasteiger partial charge in [0.25, 0.3) is 0 Å². The number of rotatable bonds is 10. The lowest BCUT2D eigenvalue weighted by molar-refractivity contribution is 0.117. The zero-order chi connectivity index (χ0) is 21.2. The van der Waals surface area contributed by atoms with Crippen molar-refractivity contribution in [1.29, 1.82) is 0 Å². The summed E-state index contributed by atoms with van der Waals surface area (Å²) in [4.78, 5) is 7.00. The van der Waals surface area contributed by atoms with E-state index in [1.807, 2.05) is 19.1 Å². The largest absolute Gasteiger partial charge is 0.494 e. The van der Waals surface area contributed by atoms with Gasteiger partial charge in [0, 0.05) is 39.7 Å². The van der Waals surface area contributed by atoms with Crippen molar-refractivity contribution in [3.8, 4) is 5.75 Å². The van der Waals surface area contributed by atoms with E-state index < -0.39 is 0 Å². The molecule has 172 valence electrons. The average Bonchev–Trinajstić information content (AvgIpc) is 3.43. The van der Waals surface area contributed by atoms with Gasteiger partial charge in [-0.05, 0) is 37.5 Å². The van der Waals surface area contributed by atoms with Crippen LogP contribution in [0.3, 0.4) is 0 Å². The molecule has 0 aliphatic carbocycles. The van der Waals surface area contributed by atoms with Crippen molar-refractivity contribution in [2.24, 2.45) is 4.99 Å². The summed E-state index contributed by atoms with van der Waals surface area (Å²) in [5, 5.41) is 11.7. The maximum atomic E-state index is 5.74. The molecule has 1 saturated heterocycles. The first kappa shape index (κ1) is 25.4. The molecular weight excluding hydrogens is 507 g/mol. The minimum Gasteiger partial charge on any atom is -0.494 e. The number of guanidine groups is 1. The van der Waals surface area contributed by atoms with Gasteiger partial charge in [0.1, 0.15) is 17.9 Å². The lowest BCUT2D eigenvalue weighted by Crippen LogP contribution is -2.40. The highest BCUT2D eigenvalue weighted by Crippen LogP contribution is 2.14. The standard InChI is InChI=1S/C22H34N6O2.HI/c1-4-21-26-25-17-28(21)13-12-23-22(24-15-20-7-6-14-30-20)27(3)16-18-8-10-19(11-9-18)29-5-2;/h8-11,17,20H,4-7,12-16H2,1-3H3,(H,23,24);1H. The Morgan fingerprint density at radius 1 is 1.32 bits per heavy atom. The minimum atomic E-state index is 0. The predicted octanol–water partition coefficient (Wildman–Crippen LogP) is 3.11. The summed E-state index contributed by atoms with van der Waals surface area (Å²) in [5.41, 5.74) is 1.21. The number of aryl methyl sites for hydroxylation is 1. The number of nitrogens with one attached hydrogen (secondary N) is 1. The van der Waals surface area contributed by atoms with Gasteiger partial charge in [0.05, 0.1) is 19.3 Å². The number of hydrogen-bond acceptors (Lipinski definition) is 5. The number of aliphatic imine (C=N–C) groups is 1. The van der Waals surface area contributed by atoms with Crippen LogP contribution in [-0.4, -0.2) is 65.1 Å². The van der Waals surface area contributed by atoms with Crippen LogP contribution in [0.15, 0.2) is 35.6 Å². The van der Waals surface area contributed by atoms with Crippen LogP contribution < -0.4 is 10.1 Å². The maximum Gasteiger partial charge on any atom is 0.194 e. The van der Waals surface area contributed by atoms with Crippen molar-refractivity contribution < 1.29 is 9.47 Å². The van der Waals surface area contributed by atoms with Crippen molar-refractivity contribution in [3.05, 3.63) is 42.0 Å². The SMILES string of the molecule is CCOc1ccc(CN(C)C(=NCC2CCCO2)NCCn2cnnc2CC)cc1.I. The Kier molecular flexibility index (Phi) is 11.1. The van der Waals surface area contributed by atoms with E-state index >= 15 is 0 Å². The summed E-state index contributed by atoms with van der Waals surface area (Å²) < 4.78 is 13.4. The van der Waals surface area contributed by atoms with Crippen LogP contribution in [0.2, 0.25) is 0 Å². The van der Waals surface area contributed by atoms with Gasteiger partial charge in [-0.3, -0.25) is 4.99 Å². The van der Waals surface area contributed by atoms with Crippen LogP contribution in [0.5, 0.6) is 5.75 Å². The molecule has 1 aromatic heterocycles. The van der Waals surface area contributed by atoms with Gasteiger partial charge in [-0.2, -0.15) is 0 Å². The molecule has 8 nitrogen and oxygen atoms in total. The summed E-state index contributed by atoms with van der Waals surface area (Å²) in [6, 6.07) is 8.23. The highest BCUT2D eigenvalue weighted by molar-refractivity contribution is 14.0. The van der Waals surface area contributed by atoms with Gasteiger partial charge >= 0.3 is 0 Å². The summed E-state index contributed by atoms with van der Waals surface area (Å²) in [7, 11) is 2.06. The third-order valence-corrected chi connectivity index (χ3v) is 5.13. The summed E-state index contributed by atoms with van der Waals surface area (Å²) in [5.74, 6) is 2.78. The third-order valence-electron chi connectivity index (χ3n) is 5.13. The van der Waals surface area contributed by atoms with E-state index in [0.29, 0.717) is 13.2 Å². The Hall–Kier alpha value is -1.88. The number of benzene rings is 1. The van der Waals surface area contributed by atoms with Crippen molar-refractivity contribution in [1.82, 2.24) is 25.0 Å². The van der Waals surface area contributed by atoms with Crippen molar-refractivity contribution in [3.63, 3.8) is 0 Å². The second-order valence-corrected chi connectivity index (χ2v) is 7.45. The van der Waals surface area contributed by atoms with Crippen LogP contribution >= 0.6 is 24.0 Å². The zero-order valence-corrected chi connectivity index (χ0v) is 21.1. The van der Waals surface area contributed by atoms with Crippen molar-refractivity contribution in [2.45, 2.75) is 52.3 Å². The van der Waals surface area contributed by atoms with Gasteiger partial charge in [-0.15, -0.1) is 34.2 Å². The first-order valence-corrected chi connectivity index (χ1v) is 10.9. The lowest BCUT2D eigenvalue weighted by atomic mass is 10.2. The predicted molar refractivity (Wildman–Crippen MR) is 133 cm³/mol. The first-order valence-electron chi connectivity index (χ1n) is 10.9. The second-order valence-electron chi connectivity index (χ2n) is 7.45. The lowest BCUT2D eigenvalue weighted by Gasteiger charge is -2.23. The molecule has 0 bridgehead atoms. The Morgan fingerprint density at radius 2 is 2.13 bits per heavy atom. The normalized spacial score (nSPS) is 16.1. The molecular formula is C22H35IN6O2. The van der Waals surface area contributed by atoms with Gasteiger partial charge < -0.3 is 24.3 Å². The highest BCUT2D eigenvalue weighted by Gasteiger charge is 2.16. The molecule has 0 radical (unpaired) electrons. The number of ether oxygens (including phenoxy) is 2. The molecule has 9 heteroatoms. The van der Waals surface area contributed by atoms with Crippen molar-refractivity contribution >= 4 is 29.9 Å². The van der Waals surface area contributed by atoms with Gasteiger partial charge in [-0.1, -0.05) is 19.1 Å². The Balaban J connectivity index is 0.00000341. The topological polar surface area (TPSA) is 76.8 Å². The van der Waals surface area contributed by atoms with Crippen LogP contribution in [0, 0.1) is 0 Å². The average molecular weight is 542 g/mol. The highest BCUT2D eigenvalue weighted by atomic mass is 127. The third kappa shape index (κ3) is 7.95. The van der Waals surface area contributed by atoms with Gasteiger partial charge in [0.15, 0.2) is 5.96 Å². The second kappa shape index (κ2) is 13.5. The monoisotopic (exact) mass is 542 g/mol. The molecule has 0 saturated carbocycles. The first-order chi connectivity index (χ1) is 14.7. The quantitative estimate of drug-likeness (QED) is 0.283. The number of nitrogens with zero attached hydrogens (tertiary/aromatic N) is 5. The summed E-state index contributed by atoms with van der Waals surface area (Å²) in [6.07, 6.45) is 5.09. The Bertz CT molecular complexity index is 790. The van der Waals surface area contributed by atoms with E-state index in [0.717, 1.165) is 63.0 Å². The summed E-state index contributed by atoms with van der Waals surface area (Å²) in [6.45, 7) is 8.60.